The first kappa shape index (κ1) is 17.7. The highest BCUT2D eigenvalue weighted by molar-refractivity contribution is 6.05. The van der Waals surface area contributed by atoms with Crippen molar-refractivity contribution >= 4 is 22.4 Å². The van der Waals surface area contributed by atoms with Crippen LogP contribution in [0.15, 0.2) is 36.4 Å². The molecule has 3 rings (SSSR count). The SMILES string of the molecule is CC(=O)N(c1c(OCC(C)C)ccc2ccccc12)N1CCCCC1. The number of carbonyl (C=O) groups is 1. The summed E-state index contributed by atoms with van der Waals surface area (Å²) in [5, 5.41) is 6.20. The Labute approximate surface area is 150 Å². The summed E-state index contributed by atoms with van der Waals surface area (Å²) < 4.78 is 6.11. The lowest BCUT2D eigenvalue weighted by atomic mass is 10.1. The van der Waals surface area contributed by atoms with Crippen LogP contribution in [0.1, 0.15) is 40.0 Å². The third-order valence-corrected chi connectivity index (χ3v) is 4.56. The summed E-state index contributed by atoms with van der Waals surface area (Å²) in [5.74, 6) is 1.25. The molecule has 0 bridgehead atoms. The first-order valence-electron chi connectivity index (χ1n) is 9.28. The Balaban J connectivity index is 2.11. The smallest absolute Gasteiger partial charge is 0.238 e. The van der Waals surface area contributed by atoms with Gasteiger partial charge in [-0.3, -0.25) is 4.79 Å². The van der Waals surface area contributed by atoms with E-state index < -0.39 is 0 Å². The Morgan fingerprint density at radius 1 is 1.12 bits per heavy atom. The fourth-order valence-electron chi connectivity index (χ4n) is 3.40. The van der Waals surface area contributed by atoms with Gasteiger partial charge in [-0.2, -0.15) is 0 Å². The maximum atomic E-state index is 12.6. The quantitative estimate of drug-likeness (QED) is 0.795. The molecule has 0 unspecified atom stereocenters. The maximum absolute atomic E-state index is 12.6. The number of amides is 1. The molecular formula is C21H28N2O2. The van der Waals surface area contributed by atoms with E-state index in [1.807, 2.05) is 23.2 Å². The van der Waals surface area contributed by atoms with Gasteiger partial charge in [-0.25, -0.2) is 10.0 Å². The molecule has 0 atom stereocenters. The molecule has 1 heterocycles. The van der Waals surface area contributed by atoms with Gasteiger partial charge in [-0.05, 0) is 30.2 Å². The molecule has 1 fully saturated rings. The second-order valence-corrected chi connectivity index (χ2v) is 7.18. The van der Waals surface area contributed by atoms with Crippen molar-refractivity contribution in [3.63, 3.8) is 0 Å². The summed E-state index contributed by atoms with van der Waals surface area (Å²) in [4.78, 5) is 12.6. The van der Waals surface area contributed by atoms with Gasteiger partial charge < -0.3 is 4.74 Å². The molecule has 0 N–H and O–H groups in total. The molecule has 1 amide bonds. The molecule has 1 saturated heterocycles. The summed E-state index contributed by atoms with van der Waals surface area (Å²) in [5.41, 5.74) is 0.883. The predicted octanol–water partition coefficient (Wildman–Crippen LogP) is 4.63. The zero-order valence-corrected chi connectivity index (χ0v) is 15.5. The Morgan fingerprint density at radius 2 is 1.84 bits per heavy atom. The normalized spacial score (nSPS) is 15.5. The predicted molar refractivity (Wildman–Crippen MR) is 103 cm³/mol. The van der Waals surface area contributed by atoms with Crippen LogP contribution in [-0.2, 0) is 4.79 Å². The van der Waals surface area contributed by atoms with Gasteiger partial charge >= 0.3 is 0 Å². The van der Waals surface area contributed by atoms with Gasteiger partial charge in [0.05, 0.1) is 6.61 Å². The summed E-state index contributed by atoms with van der Waals surface area (Å²) in [6.07, 6.45) is 3.47. The third kappa shape index (κ3) is 3.96. The zero-order valence-electron chi connectivity index (χ0n) is 15.5. The van der Waals surface area contributed by atoms with Gasteiger partial charge in [-0.1, -0.05) is 50.6 Å². The molecular weight excluding hydrogens is 312 g/mol. The number of anilines is 1. The van der Waals surface area contributed by atoms with Crippen LogP contribution < -0.4 is 9.75 Å². The lowest BCUT2D eigenvalue weighted by Gasteiger charge is -2.38. The van der Waals surface area contributed by atoms with E-state index in [1.54, 1.807) is 6.92 Å². The summed E-state index contributed by atoms with van der Waals surface area (Å²) in [6, 6.07) is 12.3. The lowest BCUT2D eigenvalue weighted by Crippen LogP contribution is -2.48. The van der Waals surface area contributed by atoms with E-state index in [-0.39, 0.29) is 5.91 Å². The van der Waals surface area contributed by atoms with E-state index in [2.05, 4.69) is 37.1 Å². The second-order valence-electron chi connectivity index (χ2n) is 7.18. The van der Waals surface area contributed by atoms with Crippen molar-refractivity contribution in [3.05, 3.63) is 36.4 Å². The van der Waals surface area contributed by atoms with Crippen LogP contribution in [0.25, 0.3) is 10.8 Å². The molecule has 134 valence electrons. The van der Waals surface area contributed by atoms with Crippen LogP contribution in [0, 0.1) is 5.92 Å². The van der Waals surface area contributed by atoms with E-state index in [4.69, 9.17) is 4.74 Å². The van der Waals surface area contributed by atoms with E-state index in [0.717, 1.165) is 48.1 Å². The molecule has 2 aromatic carbocycles. The molecule has 1 aliphatic rings. The summed E-state index contributed by atoms with van der Waals surface area (Å²) >= 11 is 0. The highest BCUT2D eigenvalue weighted by Crippen LogP contribution is 2.38. The van der Waals surface area contributed by atoms with Crippen LogP contribution in [0.3, 0.4) is 0 Å². The lowest BCUT2D eigenvalue weighted by molar-refractivity contribution is -0.119. The van der Waals surface area contributed by atoms with E-state index in [9.17, 15) is 4.79 Å². The summed E-state index contributed by atoms with van der Waals surface area (Å²) in [6.45, 7) is 8.36. The van der Waals surface area contributed by atoms with Gasteiger partial charge in [0.1, 0.15) is 11.4 Å². The number of hydrogen-bond acceptors (Lipinski definition) is 3. The summed E-state index contributed by atoms with van der Waals surface area (Å²) in [7, 11) is 0. The van der Waals surface area contributed by atoms with Crippen molar-refractivity contribution in [1.29, 1.82) is 0 Å². The topological polar surface area (TPSA) is 32.8 Å². The number of hydrazine groups is 1. The molecule has 2 aromatic rings. The number of ether oxygens (including phenoxy) is 1. The minimum atomic E-state index is 0.0349. The second kappa shape index (κ2) is 7.87. The van der Waals surface area contributed by atoms with Gasteiger partial charge in [0.15, 0.2) is 0 Å². The van der Waals surface area contributed by atoms with Crippen molar-refractivity contribution < 1.29 is 9.53 Å². The first-order chi connectivity index (χ1) is 12.1. The van der Waals surface area contributed by atoms with E-state index >= 15 is 0 Å². The number of nitrogens with zero attached hydrogens (tertiary/aromatic N) is 2. The van der Waals surface area contributed by atoms with Crippen LogP contribution in [0.5, 0.6) is 5.75 Å². The van der Waals surface area contributed by atoms with Crippen LogP contribution >= 0.6 is 0 Å². The molecule has 1 aliphatic heterocycles. The maximum Gasteiger partial charge on any atom is 0.238 e. The third-order valence-electron chi connectivity index (χ3n) is 4.56. The Bertz CT molecular complexity index is 736. The highest BCUT2D eigenvalue weighted by atomic mass is 16.5. The standard InChI is InChI=1S/C21H28N2O2/c1-16(2)15-25-20-12-11-18-9-5-6-10-19(18)21(20)23(17(3)24)22-13-7-4-8-14-22/h5-6,9-12,16H,4,7-8,13-15H2,1-3H3. The van der Waals surface area contributed by atoms with Crippen molar-refractivity contribution in [2.75, 3.05) is 24.7 Å². The van der Waals surface area contributed by atoms with Gasteiger partial charge in [0.25, 0.3) is 0 Å². The molecule has 0 spiro atoms. The first-order valence-corrected chi connectivity index (χ1v) is 9.28. The fraction of sp³-hybridized carbons (Fsp3) is 0.476. The van der Waals surface area contributed by atoms with Crippen molar-refractivity contribution in [2.24, 2.45) is 5.92 Å². The fourth-order valence-corrected chi connectivity index (χ4v) is 3.40. The van der Waals surface area contributed by atoms with Crippen molar-refractivity contribution in [3.8, 4) is 5.75 Å². The number of hydrogen-bond donors (Lipinski definition) is 0. The zero-order chi connectivity index (χ0) is 17.8. The number of fused-ring (bicyclic) bond motifs is 1. The molecule has 25 heavy (non-hydrogen) atoms. The molecule has 0 saturated carbocycles. The molecule has 0 radical (unpaired) electrons. The average Bonchev–Trinajstić information content (AvgIpc) is 2.61. The van der Waals surface area contributed by atoms with Gasteiger partial charge in [0, 0.05) is 25.4 Å². The number of rotatable bonds is 5. The number of carbonyl (C=O) groups excluding carboxylic acids is 1. The molecule has 4 nitrogen and oxygen atoms in total. The highest BCUT2D eigenvalue weighted by Gasteiger charge is 2.27. The van der Waals surface area contributed by atoms with E-state index in [0.29, 0.717) is 12.5 Å². The Kier molecular flexibility index (Phi) is 5.59. The van der Waals surface area contributed by atoms with Crippen molar-refractivity contribution in [1.82, 2.24) is 5.01 Å². The number of piperidine rings is 1. The monoisotopic (exact) mass is 340 g/mol. The van der Waals surface area contributed by atoms with Gasteiger partial charge in [-0.15, -0.1) is 0 Å². The van der Waals surface area contributed by atoms with Crippen LogP contribution in [-0.4, -0.2) is 30.6 Å². The van der Waals surface area contributed by atoms with Gasteiger partial charge in [0.2, 0.25) is 5.91 Å². The largest absolute Gasteiger partial charge is 0.491 e. The minimum Gasteiger partial charge on any atom is -0.491 e. The number of benzene rings is 2. The minimum absolute atomic E-state index is 0.0349. The molecule has 0 aromatic heterocycles. The molecule has 4 heteroatoms. The average molecular weight is 340 g/mol. The Morgan fingerprint density at radius 3 is 2.52 bits per heavy atom. The van der Waals surface area contributed by atoms with E-state index in [1.165, 1.54) is 6.42 Å². The Hall–Kier alpha value is -2.07. The van der Waals surface area contributed by atoms with Crippen LogP contribution in [0.2, 0.25) is 0 Å². The molecule has 0 aliphatic carbocycles. The van der Waals surface area contributed by atoms with Crippen molar-refractivity contribution in [2.45, 2.75) is 40.0 Å². The van der Waals surface area contributed by atoms with Crippen LogP contribution in [0.4, 0.5) is 5.69 Å².